The third-order valence-electron chi connectivity index (χ3n) is 6.51. The number of likely N-dealkylation sites (tertiary alicyclic amines) is 1. The van der Waals surface area contributed by atoms with E-state index in [1.165, 1.54) is 29.7 Å². The Hall–Kier alpha value is -1.91. The van der Waals surface area contributed by atoms with Crippen molar-refractivity contribution in [2.75, 3.05) is 24.5 Å². The second-order valence-electron chi connectivity index (χ2n) is 8.02. The van der Waals surface area contributed by atoms with Crippen LogP contribution in [0, 0.1) is 0 Å². The molecule has 4 nitrogen and oxygen atoms in total. The molecule has 2 atom stereocenters. The Morgan fingerprint density at radius 1 is 1.14 bits per heavy atom. The first-order chi connectivity index (χ1) is 13.5. The number of aryl methyl sites for hydroxylation is 1. The third-order valence-corrected chi connectivity index (χ3v) is 7.33. The molecule has 3 heterocycles. The Morgan fingerprint density at radius 2 is 2.00 bits per heavy atom. The highest BCUT2D eigenvalue weighted by atomic mass is 35.5. The number of nitrogens with zero attached hydrogens (tertiary/aromatic N) is 2. The molecule has 0 spiro atoms. The first-order valence-corrected chi connectivity index (χ1v) is 10.7. The molecule has 0 radical (unpaired) electrons. The predicted octanol–water partition coefficient (Wildman–Crippen LogP) is 5.65. The van der Waals surface area contributed by atoms with Crippen molar-refractivity contribution in [1.82, 2.24) is 4.90 Å². The Labute approximate surface area is 174 Å². The molecule has 146 valence electrons. The van der Waals surface area contributed by atoms with E-state index in [4.69, 9.17) is 23.2 Å². The molecule has 28 heavy (non-hydrogen) atoms. The van der Waals surface area contributed by atoms with Gasteiger partial charge in [0.05, 0.1) is 10.0 Å². The zero-order chi connectivity index (χ0) is 19.4. The molecule has 3 aliphatic rings. The molecule has 5 rings (SSSR count). The van der Waals surface area contributed by atoms with Crippen molar-refractivity contribution >= 4 is 35.0 Å². The van der Waals surface area contributed by atoms with E-state index in [2.05, 4.69) is 17.0 Å². The number of hydrogen-bond acceptors (Lipinski definition) is 2. The third kappa shape index (κ3) is 2.77. The molecule has 0 aromatic heterocycles. The Bertz CT molecular complexity index is 962. The smallest absolute Gasteiger partial charge is 0.407 e. The van der Waals surface area contributed by atoms with Gasteiger partial charge in [-0.25, -0.2) is 4.79 Å². The van der Waals surface area contributed by atoms with Crippen molar-refractivity contribution in [2.24, 2.45) is 0 Å². The molecular weight excluding hydrogens is 395 g/mol. The average molecular weight is 417 g/mol. The van der Waals surface area contributed by atoms with Crippen LogP contribution in [0.3, 0.4) is 0 Å². The number of amides is 1. The Morgan fingerprint density at radius 3 is 2.82 bits per heavy atom. The fraction of sp³-hybridized carbons (Fsp3) is 0.409. The topological polar surface area (TPSA) is 43.8 Å². The van der Waals surface area contributed by atoms with Crippen LogP contribution in [-0.4, -0.2) is 41.8 Å². The molecule has 6 heteroatoms. The maximum absolute atomic E-state index is 11.6. The van der Waals surface area contributed by atoms with Crippen LogP contribution in [0.1, 0.15) is 36.3 Å². The van der Waals surface area contributed by atoms with Crippen LogP contribution >= 0.6 is 23.2 Å². The number of hydrogen-bond donors (Lipinski definition) is 1. The van der Waals surface area contributed by atoms with Gasteiger partial charge in [0, 0.05) is 42.8 Å². The van der Waals surface area contributed by atoms with E-state index in [1.807, 2.05) is 12.1 Å². The van der Waals surface area contributed by atoms with Crippen molar-refractivity contribution in [3.05, 3.63) is 51.5 Å². The van der Waals surface area contributed by atoms with E-state index < -0.39 is 6.09 Å². The van der Waals surface area contributed by atoms with Crippen molar-refractivity contribution in [2.45, 2.75) is 37.6 Å². The minimum atomic E-state index is -0.820. The quantitative estimate of drug-likeness (QED) is 0.652. The average Bonchev–Trinajstić information content (AvgIpc) is 2.84. The van der Waals surface area contributed by atoms with Crippen molar-refractivity contribution in [3.63, 3.8) is 0 Å². The first-order valence-electron chi connectivity index (χ1n) is 9.90. The van der Waals surface area contributed by atoms with Crippen LogP contribution < -0.4 is 4.90 Å². The SMILES string of the molecule is O=C(O)N1CC[C@H]2[C@@H](C1)c1cc(-c3cccc(Cl)c3Cl)cc3c1N2CCCC3. The fourth-order valence-electron chi connectivity index (χ4n) is 5.26. The number of piperidine rings is 1. The summed E-state index contributed by atoms with van der Waals surface area (Å²) in [5.74, 6) is 0.217. The largest absolute Gasteiger partial charge is 0.465 e. The standard InChI is InChI=1S/C22H22Cl2N2O2/c23-18-6-3-5-15(20(18)24)14-10-13-4-1-2-8-26-19-7-9-25(22(27)28)12-17(19)16(11-14)21(13)26/h3,5-6,10-11,17,19H,1-2,4,7-9,12H2,(H,27,28)/t17-,19-/m0/s1. The van der Waals surface area contributed by atoms with E-state index in [0.717, 1.165) is 30.5 Å². The molecule has 0 aliphatic carbocycles. The molecule has 1 amide bonds. The zero-order valence-electron chi connectivity index (χ0n) is 15.5. The molecule has 2 aromatic rings. The van der Waals surface area contributed by atoms with Gasteiger partial charge in [0.2, 0.25) is 0 Å². The van der Waals surface area contributed by atoms with E-state index in [1.54, 1.807) is 11.0 Å². The van der Waals surface area contributed by atoms with Crippen LogP contribution in [0.5, 0.6) is 0 Å². The lowest BCUT2D eigenvalue weighted by molar-refractivity contribution is 0.127. The summed E-state index contributed by atoms with van der Waals surface area (Å²) in [6, 6.07) is 10.6. The summed E-state index contributed by atoms with van der Waals surface area (Å²) in [4.78, 5) is 15.7. The lowest BCUT2D eigenvalue weighted by atomic mass is 9.86. The van der Waals surface area contributed by atoms with Gasteiger partial charge in [-0.1, -0.05) is 35.3 Å². The van der Waals surface area contributed by atoms with E-state index >= 15 is 0 Å². The first kappa shape index (κ1) is 18.1. The maximum Gasteiger partial charge on any atom is 0.407 e. The Balaban J connectivity index is 1.66. The van der Waals surface area contributed by atoms with Gasteiger partial charge in [0.15, 0.2) is 0 Å². The minimum absolute atomic E-state index is 0.217. The molecular formula is C22H22Cl2N2O2. The van der Waals surface area contributed by atoms with Gasteiger partial charge in [-0.2, -0.15) is 0 Å². The number of carboxylic acid groups (broad SMARTS) is 1. The normalized spacial score (nSPS) is 23.2. The van der Waals surface area contributed by atoms with Crippen LogP contribution in [-0.2, 0) is 6.42 Å². The van der Waals surface area contributed by atoms with Crippen LogP contribution in [0.15, 0.2) is 30.3 Å². The molecule has 0 saturated carbocycles. The fourth-order valence-corrected chi connectivity index (χ4v) is 5.67. The van der Waals surface area contributed by atoms with E-state index in [0.29, 0.717) is 29.2 Å². The summed E-state index contributed by atoms with van der Waals surface area (Å²) in [5.41, 5.74) is 6.01. The number of halogens is 2. The number of fused-ring (bicyclic) bond motifs is 3. The summed E-state index contributed by atoms with van der Waals surface area (Å²) in [5, 5.41) is 10.7. The number of carbonyl (C=O) groups is 1. The second-order valence-corrected chi connectivity index (χ2v) is 8.80. The second kappa shape index (κ2) is 6.85. The highest BCUT2D eigenvalue weighted by molar-refractivity contribution is 6.43. The molecule has 3 aliphatic heterocycles. The van der Waals surface area contributed by atoms with Gasteiger partial charge in [-0.3, -0.25) is 0 Å². The Kier molecular flexibility index (Phi) is 4.44. The van der Waals surface area contributed by atoms with Gasteiger partial charge in [0.25, 0.3) is 0 Å². The number of rotatable bonds is 1. The predicted molar refractivity (Wildman–Crippen MR) is 113 cm³/mol. The lowest BCUT2D eigenvalue weighted by Gasteiger charge is -2.37. The summed E-state index contributed by atoms with van der Waals surface area (Å²) < 4.78 is 0. The van der Waals surface area contributed by atoms with Crippen molar-refractivity contribution in [3.8, 4) is 11.1 Å². The van der Waals surface area contributed by atoms with Gasteiger partial charge in [-0.05, 0) is 60.6 Å². The van der Waals surface area contributed by atoms with Crippen LogP contribution in [0.25, 0.3) is 11.1 Å². The molecule has 1 saturated heterocycles. The highest BCUT2D eigenvalue weighted by Gasteiger charge is 2.44. The van der Waals surface area contributed by atoms with E-state index in [9.17, 15) is 9.90 Å². The van der Waals surface area contributed by atoms with Crippen molar-refractivity contribution < 1.29 is 9.90 Å². The molecule has 1 fully saturated rings. The van der Waals surface area contributed by atoms with Gasteiger partial charge in [0.1, 0.15) is 0 Å². The van der Waals surface area contributed by atoms with Crippen LogP contribution in [0.4, 0.5) is 10.5 Å². The molecule has 2 aromatic carbocycles. The molecule has 1 N–H and O–H groups in total. The van der Waals surface area contributed by atoms with Gasteiger partial charge >= 0.3 is 6.09 Å². The molecule has 0 unspecified atom stereocenters. The summed E-state index contributed by atoms with van der Waals surface area (Å²) in [6.07, 6.45) is 3.46. The van der Waals surface area contributed by atoms with Gasteiger partial charge < -0.3 is 14.9 Å². The minimum Gasteiger partial charge on any atom is -0.465 e. The number of anilines is 1. The van der Waals surface area contributed by atoms with Crippen LogP contribution in [0.2, 0.25) is 10.0 Å². The lowest BCUT2D eigenvalue weighted by Crippen LogP contribution is -2.48. The maximum atomic E-state index is 11.6. The van der Waals surface area contributed by atoms with Crippen molar-refractivity contribution in [1.29, 1.82) is 0 Å². The summed E-state index contributed by atoms with van der Waals surface area (Å²) in [7, 11) is 0. The highest BCUT2D eigenvalue weighted by Crippen LogP contribution is 2.50. The molecule has 0 bridgehead atoms. The summed E-state index contributed by atoms with van der Waals surface area (Å²) >= 11 is 12.8. The number of benzene rings is 2. The van der Waals surface area contributed by atoms with Gasteiger partial charge in [-0.15, -0.1) is 0 Å². The zero-order valence-corrected chi connectivity index (χ0v) is 17.0. The monoisotopic (exact) mass is 416 g/mol. The van der Waals surface area contributed by atoms with E-state index in [-0.39, 0.29) is 5.92 Å². The summed E-state index contributed by atoms with van der Waals surface area (Å²) in [6.45, 7) is 2.24.